The highest BCUT2D eigenvalue weighted by Crippen LogP contribution is 2.31. The smallest absolute Gasteiger partial charge is 0.127 e. The van der Waals surface area contributed by atoms with Gasteiger partial charge < -0.3 is 11.1 Å². The highest BCUT2D eigenvalue weighted by molar-refractivity contribution is 7.19. The third-order valence-electron chi connectivity index (χ3n) is 5.12. The van der Waals surface area contributed by atoms with Crippen LogP contribution >= 0.6 is 11.3 Å². The molecule has 32 heavy (non-hydrogen) atoms. The van der Waals surface area contributed by atoms with E-state index in [0.717, 1.165) is 37.3 Å². The Kier molecular flexibility index (Phi) is 6.14. The van der Waals surface area contributed by atoms with E-state index >= 15 is 0 Å². The summed E-state index contributed by atoms with van der Waals surface area (Å²) in [6, 6.07) is 18.4. The first kappa shape index (κ1) is 21.5. The first-order chi connectivity index (χ1) is 15.4. The zero-order chi connectivity index (χ0) is 22.7. The van der Waals surface area contributed by atoms with Gasteiger partial charge >= 0.3 is 0 Å². The summed E-state index contributed by atoms with van der Waals surface area (Å²) in [6.07, 6.45) is 3.61. The number of hydrogen-bond donors (Lipinski definition) is 2. The van der Waals surface area contributed by atoms with Crippen molar-refractivity contribution in [2.24, 2.45) is 10.7 Å². The van der Waals surface area contributed by atoms with Crippen LogP contribution in [0.15, 0.2) is 84.5 Å². The second-order valence-corrected chi connectivity index (χ2v) is 8.39. The Morgan fingerprint density at radius 2 is 1.88 bits per heavy atom. The van der Waals surface area contributed by atoms with Crippen LogP contribution in [0.1, 0.15) is 16.0 Å². The predicted octanol–water partition coefficient (Wildman–Crippen LogP) is 6.00. The van der Waals surface area contributed by atoms with Crippen LogP contribution in [-0.4, -0.2) is 17.9 Å². The number of hydrogen-bond acceptors (Lipinski definition) is 4. The van der Waals surface area contributed by atoms with Crippen molar-refractivity contribution in [2.45, 2.75) is 6.92 Å². The molecule has 3 N–H and O–H groups in total. The van der Waals surface area contributed by atoms with Crippen molar-refractivity contribution >= 4 is 38.8 Å². The van der Waals surface area contributed by atoms with Crippen molar-refractivity contribution in [3.8, 4) is 11.1 Å². The van der Waals surface area contributed by atoms with Crippen LogP contribution in [0.2, 0.25) is 0 Å². The summed E-state index contributed by atoms with van der Waals surface area (Å²) in [7, 11) is 1.71. The molecule has 0 fully saturated rings. The lowest BCUT2D eigenvalue weighted by atomic mass is 10.1. The molecule has 4 nitrogen and oxygen atoms in total. The van der Waals surface area contributed by atoms with Crippen molar-refractivity contribution < 1.29 is 4.39 Å². The fourth-order valence-electron chi connectivity index (χ4n) is 3.38. The van der Waals surface area contributed by atoms with Gasteiger partial charge in [0.2, 0.25) is 0 Å². The quantitative estimate of drug-likeness (QED) is 0.294. The van der Waals surface area contributed by atoms with Crippen molar-refractivity contribution in [3.63, 3.8) is 0 Å². The molecule has 0 spiro atoms. The average molecular weight is 443 g/mol. The van der Waals surface area contributed by atoms with Gasteiger partial charge in [-0.3, -0.25) is 4.99 Å². The van der Waals surface area contributed by atoms with Gasteiger partial charge in [-0.05, 0) is 42.3 Å². The van der Waals surface area contributed by atoms with Crippen molar-refractivity contribution in [2.75, 3.05) is 7.05 Å². The van der Waals surface area contributed by atoms with Crippen LogP contribution in [0.3, 0.4) is 0 Å². The van der Waals surface area contributed by atoms with Crippen molar-refractivity contribution in [1.82, 2.24) is 10.3 Å². The number of nitrogens with zero attached hydrogens (tertiary/aromatic N) is 2. The molecule has 2 aromatic heterocycles. The second kappa shape index (κ2) is 9.16. The molecule has 0 amide bonds. The third kappa shape index (κ3) is 4.60. The molecule has 0 atom stereocenters. The number of aromatic nitrogens is 1. The highest BCUT2D eigenvalue weighted by Gasteiger charge is 2.10. The molecule has 0 aliphatic heterocycles. The Labute approximate surface area is 190 Å². The number of aryl methyl sites for hydroxylation is 1. The molecule has 6 heteroatoms. The molecule has 4 aromatic rings. The molecule has 2 aromatic carbocycles. The minimum Gasteiger partial charge on any atom is -0.398 e. The molecule has 4 rings (SSSR count). The van der Waals surface area contributed by atoms with E-state index in [2.05, 4.69) is 21.9 Å². The maximum absolute atomic E-state index is 13.2. The Bertz CT molecular complexity index is 1350. The van der Waals surface area contributed by atoms with Crippen LogP contribution in [0.25, 0.3) is 32.7 Å². The molecule has 160 valence electrons. The summed E-state index contributed by atoms with van der Waals surface area (Å²) in [4.78, 5) is 10.7. The molecule has 0 bridgehead atoms. The Morgan fingerprint density at radius 1 is 1.12 bits per heavy atom. The number of benzene rings is 2. The van der Waals surface area contributed by atoms with Gasteiger partial charge in [0.15, 0.2) is 0 Å². The van der Waals surface area contributed by atoms with Crippen molar-refractivity contribution in [3.05, 3.63) is 101 Å². The minimum absolute atomic E-state index is 0.256. The van der Waals surface area contributed by atoms with Crippen LogP contribution in [0.4, 0.5) is 4.39 Å². The molecule has 0 radical (unpaired) electrons. The van der Waals surface area contributed by atoms with Gasteiger partial charge in [0.1, 0.15) is 16.5 Å². The van der Waals surface area contributed by atoms with Gasteiger partial charge in [-0.15, -0.1) is 11.3 Å². The number of rotatable bonds is 5. The van der Waals surface area contributed by atoms with Gasteiger partial charge in [-0.2, -0.15) is 0 Å². The van der Waals surface area contributed by atoms with Crippen molar-refractivity contribution in [1.29, 1.82) is 0 Å². The van der Waals surface area contributed by atoms with Crippen LogP contribution < -0.4 is 11.1 Å². The number of thiophene rings is 1. The fourth-order valence-corrected chi connectivity index (χ4v) is 4.29. The lowest BCUT2D eigenvalue weighted by Crippen LogP contribution is -2.20. The SMILES string of the molecule is C=C(NC(/C=C(\N)c1ccccc1C)=NC)c1cc2cc(-c3ccc(F)cc3)cnc2s1. The topological polar surface area (TPSA) is 63.3 Å². The van der Waals surface area contributed by atoms with E-state index in [4.69, 9.17) is 5.73 Å². The maximum atomic E-state index is 13.2. The van der Waals surface area contributed by atoms with E-state index in [9.17, 15) is 4.39 Å². The van der Waals surface area contributed by atoms with Gasteiger partial charge in [0.05, 0.1) is 4.88 Å². The summed E-state index contributed by atoms with van der Waals surface area (Å²) in [5.41, 5.74) is 11.6. The van der Waals surface area contributed by atoms with Gasteiger partial charge in [0.25, 0.3) is 0 Å². The lowest BCUT2D eigenvalue weighted by Gasteiger charge is -2.10. The molecule has 0 unspecified atom stereocenters. The first-order valence-electron chi connectivity index (χ1n) is 10.1. The molecular weight excluding hydrogens is 419 g/mol. The molecule has 0 aliphatic carbocycles. The van der Waals surface area contributed by atoms with Crippen LogP contribution in [-0.2, 0) is 0 Å². The van der Waals surface area contributed by atoms with E-state index < -0.39 is 0 Å². The van der Waals surface area contributed by atoms with Crippen LogP contribution in [0, 0.1) is 12.7 Å². The number of aliphatic imine (C=N–C) groups is 1. The second-order valence-electron chi connectivity index (χ2n) is 7.36. The highest BCUT2D eigenvalue weighted by atomic mass is 32.1. The number of fused-ring (bicyclic) bond motifs is 1. The fraction of sp³-hybridized carbons (Fsp3) is 0.0769. The van der Waals surface area contributed by atoms with Crippen LogP contribution in [0.5, 0.6) is 0 Å². The number of nitrogens with two attached hydrogens (primary N) is 1. The maximum Gasteiger partial charge on any atom is 0.127 e. The lowest BCUT2D eigenvalue weighted by molar-refractivity contribution is 0.628. The van der Waals surface area contributed by atoms with E-state index in [1.807, 2.05) is 49.4 Å². The Morgan fingerprint density at radius 3 is 2.59 bits per heavy atom. The summed E-state index contributed by atoms with van der Waals surface area (Å²) in [5, 5.41) is 4.26. The van der Waals surface area contributed by atoms with Gasteiger partial charge in [-0.1, -0.05) is 43.0 Å². The van der Waals surface area contributed by atoms with E-state index in [1.54, 1.807) is 36.7 Å². The largest absolute Gasteiger partial charge is 0.398 e. The Balaban J connectivity index is 1.56. The normalized spacial score (nSPS) is 12.2. The molecule has 0 saturated heterocycles. The predicted molar refractivity (Wildman–Crippen MR) is 134 cm³/mol. The molecule has 0 saturated carbocycles. The summed E-state index contributed by atoms with van der Waals surface area (Å²) in [5.74, 6) is 0.363. The average Bonchev–Trinajstić information content (AvgIpc) is 3.23. The molecule has 2 heterocycles. The van der Waals surface area contributed by atoms with E-state index in [-0.39, 0.29) is 5.82 Å². The number of pyridine rings is 1. The zero-order valence-electron chi connectivity index (χ0n) is 17.9. The monoisotopic (exact) mass is 442 g/mol. The van der Waals surface area contributed by atoms with E-state index in [0.29, 0.717) is 17.2 Å². The number of amidine groups is 1. The summed E-state index contributed by atoms with van der Waals surface area (Å²) < 4.78 is 13.2. The standard InChI is InChI=1S/C26H23FN4S/c1-16-6-4-5-7-22(16)23(28)14-25(29-3)31-17(2)24-13-19-12-20(15-30-26(19)32-24)18-8-10-21(27)11-9-18/h4-15H,2,28H2,1,3H3,(H,29,31)/b23-14-. The van der Waals surface area contributed by atoms with Gasteiger partial charge in [0, 0.05) is 47.2 Å². The summed E-state index contributed by atoms with van der Waals surface area (Å²) in [6.45, 7) is 6.20. The third-order valence-corrected chi connectivity index (χ3v) is 6.23. The number of halogens is 1. The zero-order valence-corrected chi connectivity index (χ0v) is 18.7. The molecular formula is C26H23FN4S. The minimum atomic E-state index is -0.256. The van der Waals surface area contributed by atoms with E-state index in [1.165, 1.54) is 12.1 Å². The molecule has 0 aliphatic rings. The van der Waals surface area contributed by atoms with Gasteiger partial charge in [-0.25, -0.2) is 9.37 Å². The number of nitrogens with one attached hydrogen (secondary N) is 1. The summed E-state index contributed by atoms with van der Waals surface area (Å²) >= 11 is 1.54. The Hall–Kier alpha value is -3.77. The first-order valence-corrected chi connectivity index (χ1v) is 10.9.